The molecule has 2 rings (SSSR count). The maximum Gasteiger partial charge on any atom is 0.220 e. The van der Waals surface area contributed by atoms with E-state index < -0.39 is 0 Å². The van der Waals surface area contributed by atoms with E-state index in [1.165, 1.54) is 0 Å². The molecular formula is C16H25N3O3. The Labute approximate surface area is 131 Å². The van der Waals surface area contributed by atoms with Gasteiger partial charge in [0.15, 0.2) is 0 Å². The van der Waals surface area contributed by atoms with E-state index in [0.717, 1.165) is 43.2 Å². The summed E-state index contributed by atoms with van der Waals surface area (Å²) in [7, 11) is 1.62. The van der Waals surface area contributed by atoms with Gasteiger partial charge >= 0.3 is 0 Å². The Balaban J connectivity index is 1.85. The van der Waals surface area contributed by atoms with Gasteiger partial charge in [-0.2, -0.15) is 0 Å². The molecule has 6 nitrogen and oxygen atoms in total. The molecule has 22 heavy (non-hydrogen) atoms. The number of morpholine rings is 1. The van der Waals surface area contributed by atoms with Crippen molar-refractivity contribution in [1.82, 2.24) is 5.32 Å². The summed E-state index contributed by atoms with van der Waals surface area (Å²) < 4.78 is 10.3. The lowest BCUT2D eigenvalue weighted by molar-refractivity contribution is -0.121. The summed E-state index contributed by atoms with van der Waals surface area (Å²) in [6, 6.07) is 6.05. The first kappa shape index (κ1) is 16.6. The van der Waals surface area contributed by atoms with Gasteiger partial charge in [-0.25, -0.2) is 0 Å². The predicted molar refractivity (Wildman–Crippen MR) is 87.1 cm³/mol. The number of rotatable bonds is 7. The standard InChI is InChI=1S/C16H25N3O3/c1-21-9-6-18-16(20)5-3-13-2-4-15(14(17)12-13)19-7-10-22-11-8-19/h2,4,12H,3,5-11,17H2,1H3,(H,18,20). The van der Waals surface area contributed by atoms with Gasteiger partial charge in [0.1, 0.15) is 0 Å². The maximum atomic E-state index is 11.7. The molecule has 1 amide bonds. The van der Waals surface area contributed by atoms with E-state index in [9.17, 15) is 4.79 Å². The van der Waals surface area contributed by atoms with E-state index in [-0.39, 0.29) is 5.91 Å². The van der Waals surface area contributed by atoms with E-state index in [1.54, 1.807) is 7.11 Å². The van der Waals surface area contributed by atoms with Gasteiger partial charge in [0.2, 0.25) is 5.91 Å². The lowest BCUT2D eigenvalue weighted by atomic mass is 10.1. The molecular weight excluding hydrogens is 282 g/mol. The van der Waals surface area contributed by atoms with Crippen LogP contribution in [-0.4, -0.2) is 52.5 Å². The minimum atomic E-state index is 0.0351. The first-order valence-electron chi connectivity index (χ1n) is 7.67. The van der Waals surface area contributed by atoms with Crippen molar-refractivity contribution in [3.8, 4) is 0 Å². The number of carbonyl (C=O) groups excluding carboxylic acids is 1. The molecule has 1 aliphatic heterocycles. The Morgan fingerprint density at radius 1 is 1.41 bits per heavy atom. The summed E-state index contributed by atoms with van der Waals surface area (Å²) in [6.45, 7) is 4.29. The number of aryl methyl sites for hydroxylation is 1. The summed E-state index contributed by atoms with van der Waals surface area (Å²) in [5.41, 5.74) is 9.05. The van der Waals surface area contributed by atoms with Crippen LogP contribution < -0.4 is 16.0 Å². The van der Waals surface area contributed by atoms with E-state index in [0.29, 0.717) is 26.0 Å². The van der Waals surface area contributed by atoms with Gasteiger partial charge < -0.3 is 25.4 Å². The van der Waals surface area contributed by atoms with Crippen LogP contribution in [0.4, 0.5) is 11.4 Å². The summed E-state index contributed by atoms with van der Waals surface area (Å²) in [4.78, 5) is 13.9. The second-order valence-electron chi connectivity index (χ2n) is 5.34. The van der Waals surface area contributed by atoms with Crippen molar-refractivity contribution in [3.63, 3.8) is 0 Å². The van der Waals surface area contributed by atoms with Crippen LogP contribution in [0.2, 0.25) is 0 Å². The molecule has 0 atom stereocenters. The van der Waals surface area contributed by atoms with Crippen LogP contribution in [0.1, 0.15) is 12.0 Å². The lowest BCUT2D eigenvalue weighted by Gasteiger charge is -2.30. The average molecular weight is 307 g/mol. The Kier molecular flexibility index (Phi) is 6.48. The van der Waals surface area contributed by atoms with E-state index in [2.05, 4.69) is 10.2 Å². The largest absolute Gasteiger partial charge is 0.397 e. The highest BCUT2D eigenvalue weighted by molar-refractivity contribution is 5.76. The second-order valence-corrected chi connectivity index (χ2v) is 5.34. The molecule has 6 heteroatoms. The molecule has 1 fully saturated rings. The van der Waals surface area contributed by atoms with Crippen molar-refractivity contribution < 1.29 is 14.3 Å². The zero-order valence-electron chi connectivity index (χ0n) is 13.1. The Morgan fingerprint density at radius 2 is 2.18 bits per heavy atom. The van der Waals surface area contributed by atoms with Crippen LogP contribution in [0.5, 0.6) is 0 Å². The minimum absolute atomic E-state index is 0.0351. The van der Waals surface area contributed by atoms with Crippen LogP contribution in [-0.2, 0) is 20.7 Å². The fraction of sp³-hybridized carbons (Fsp3) is 0.562. The number of hydrogen-bond acceptors (Lipinski definition) is 5. The van der Waals surface area contributed by atoms with Crippen LogP contribution >= 0.6 is 0 Å². The molecule has 1 aliphatic rings. The number of hydrogen-bond donors (Lipinski definition) is 2. The topological polar surface area (TPSA) is 76.8 Å². The fourth-order valence-electron chi connectivity index (χ4n) is 2.49. The summed E-state index contributed by atoms with van der Waals surface area (Å²) in [5.74, 6) is 0.0351. The normalized spacial score (nSPS) is 14.9. The van der Waals surface area contributed by atoms with Gasteiger partial charge in [-0.15, -0.1) is 0 Å². The highest BCUT2D eigenvalue weighted by Crippen LogP contribution is 2.25. The molecule has 122 valence electrons. The molecule has 1 saturated heterocycles. The number of amides is 1. The summed E-state index contributed by atoms with van der Waals surface area (Å²) >= 11 is 0. The molecule has 3 N–H and O–H groups in total. The Bertz CT molecular complexity index is 488. The van der Waals surface area contributed by atoms with Crippen molar-refractivity contribution in [1.29, 1.82) is 0 Å². The number of anilines is 2. The van der Waals surface area contributed by atoms with Gasteiger partial charge in [0, 0.05) is 33.2 Å². The summed E-state index contributed by atoms with van der Waals surface area (Å²) in [5, 5.41) is 2.81. The Morgan fingerprint density at radius 3 is 2.86 bits per heavy atom. The van der Waals surface area contributed by atoms with Crippen molar-refractivity contribution in [2.75, 3.05) is 57.2 Å². The molecule has 1 heterocycles. The van der Waals surface area contributed by atoms with Crippen LogP contribution in [0.25, 0.3) is 0 Å². The molecule has 0 aliphatic carbocycles. The predicted octanol–water partition coefficient (Wildman–Crippen LogP) is 0.801. The zero-order chi connectivity index (χ0) is 15.8. The number of nitrogens with two attached hydrogens (primary N) is 1. The quantitative estimate of drug-likeness (QED) is 0.575. The molecule has 0 spiro atoms. The third kappa shape index (κ3) is 4.89. The number of benzene rings is 1. The zero-order valence-corrected chi connectivity index (χ0v) is 13.1. The van der Waals surface area contributed by atoms with Gasteiger partial charge in [-0.05, 0) is 24.1 Å². The first-order valence-corrected chi connectivity index (χ1v) is 7.67. The number of carbonyl (C=O) groups is 1. The summed E-state index contributed by atoms with van der Waals surface area (Å²) in [6.07, 6.45) is 1.15. The molecule has 0 unspecified atom stereocenters. The van der Waals surface area contributed by atoms with Crippen molar-refractivity contribution >= 4 is 17.3 Å². The number of methoxy groups -OCH3 is 1. The van der Waals surface area contributed by atoms with Crippen molar-refractivity contribution in [2.45, 2.75) is 12.8 Å². The Hall–Kier alpha value is -1.79. The number of nitrogen functional groups attached to an aromatic ring is 1. The molecule has 0 bridgehead atoms. The van der Waals surface area contributed by atoms with Gasteiger partial charge in [0.25, 0.3) is 0 Å². The van der Waals surface area contributed by atoms with Crippen molar-refractivity contribution in [3.05, 3.63) is 23.8 Å². The first-order chi connectivity index (χ1) is 10.7. The molecule has 0 saturated carbocycles. The van der Waals surface area contributed by atoms with Gasteiger partial charge in [-0.3, -0.25) is 4.79 Å². The van der Waals surface area contributed by atoms with Crippen LogP contribution in [0.3, 0.4) is 0 Å². The van der Waals surface area contributed by atoms with E-state index >= 15 is 0 Å². The molecule has 1 aromatic rings. The average Bonchev–Trinajstić information content (AvgIpc) is 2.54. The van der Waals surface area contributed by atoms with Crippen molar-refractivity contribution in [2.24, 2.45) is 0 Å². The monoisotopic (exact) mass is 307 g/mol. The minimum Gasteiger partial charge on any atom is -0.397 e. The maximum absolute atomic E-state index is 11.7. The van der Waals surface area contributed by atoms with Crippen LogP contribution in [0.15, 0.2) is 18.2 Å². The third-order valence-electron chi connectivity index (χ3n) is 3.71. The molecule has 0 aromatic heterocycles. The fourth-order valence-corrected chi connectivity index (χ4v) is 2.49. The number of nitrogens with one attached hydrogen (secondary N) is 1. The second kappa shape index (κ2) is 8.60. The van der Waals surface area contributed by atoms with E-state index in [1.807, 2.05) is 18.2 Å². The smallest absolute Gasteiger partial charge is 0.220 e. The lowest BCUT2D eigenvalue weighted by Crippen LogP contribution is -2.36. The number of nitrogens with zero attached hydrogens (tertiary/aromatic N) is 1. The van der Waals surface area contributed by atoms with Gasteiger partial charge in [-0.1, -0.05) is 6.07 Å². The number of ether oxygens (including phenoxy) is 2. The van der Waals surface area contributed by atoms with Crippen LogP contribution in [0, 0.1) is 0 Å². The molecule has 1 aromatic carbocycles. The molecule has 0 radical (unpaired) electrons. The SMILES string of the molecule is COCCNC(=O)CCc1ccc(N2CCOCC2)c(N)c1. The van der Waals surface area contributed by atoms with E-state index in [4.69, 9.17) is 15.2 Å². The van der Waals surface area contributed by atoms with Gasteiger partial charge in [0.05, 0.1) is 31.2 Å². The highest BCUT2D eigenvalue weighted by Gasteiger charge is 2.14. The third-order valence-corrected chi connectivity index (χ3v) is 3.71. The highest BCUT2D eigenvalue weighted by atomic mass is 16.5.